The molecule has 1 aliphatic heterocycles. The van der Waals surface area contributed by atoms with Gasteiger partial charge in [-0.05, 0) is 42.4 Å². The normalized spacial score (nSPS) is 15.9. The van der Waals surface area contributed by atoms with Gasteiger partial charge in [0.05, 0.1) is 9.83 Å². The van der Waals surface area contributed by atoms with E-state index in [9.17, 15) is 19.7 Å². The summed E-state index contributed by atoms with van der Waals surface area (Å²) in [6.07, 6.45) is 3.53. The van der Waals surface area contributed by atoms with E-state index in [1.165, 1.54) is 12.1 Å². The van der Waals surface area contributed by atoms with E-state index >= 15 is 0 Å². The molecule has 0 aromatic heterocycles. The number of hydrazine groups is 1. The summed E-state index contributed by atoms with van der Waals surface area (Å²) in [6.45, 7) is 1.97. The number of thiocarbonyl (C=S) groups is 1. The molecule has 24 heavy (non-hydrogen) atoms. The molecule has 0 aliphatic carbocycles. The van der Waals surface area contributed by atoms with E-state index in [1.807, 2.05) is 6.92 Å². The number of nitro benzene ring substituents is 1. The van der Waals surface area contributed by atoms with Gasteiger partial charge in [0.1, 0.15) is 0 Å². The second-order valence-corrected chi connectivity index (χ2v) is 6.68. The highest BCUT2D eigenvalue weighted by molar-refractivity contribution is 8.26. The van der Waals surface area contributed by atoms with Gasteiger partial charge < -0.3 is 0 Å². The minimum atomic E-state index is -0.491. The fourth-order valence-electron chi connectivity index (χ4n) is 1.93. The molecule has 1 saturated heterocycles. The maximum absolute atomic E-state index is 12.3. The summed E-state index contributed by atoms with van der Waals surface area (Å²) in [6, 6.07) is 5.81. The molecular weight excluding hydrogens is 350 g/mol. The number of unbranched alkanes of at least 4 members (excludes halogenated alkanes) is 1. The molecule has 0 atom stereocenters. The van der Waals surface area contributed by atoms with Crippen molar-refractivity contribution < 1.29 is 14.5 Å². The highest BCUT2D eigenvalue weighted by Crippen LogP contribution is 2.31. The maximum Gasteiger partial charge on any atom is 0.285 e. The highest BCUT2D eigenvalue weighted by atomic mass is 32.2. The monoisotopic (exact) mass is 365 g/mol. The average molecular weight is 365 g/mol. The number of nitro groups is 1. The van der Waals surface area contributed by atoms with Crippen molar-refractivity contribution in [1.29, 1.82) is 0 Å². The smallest absolute Gasteiger partial charge is 0.273 e. The Morgan fingerprint density at radius 3 is 2.67 bits per heavy atom. The number of nitrogens with one attached hydrogen (secondary N) is 1. The number of nitrogens with zero attached hydrogens (tertiary/aromatic N) is 2. The standard InChI is InChI=1S/C15H15N3O4S2/c1-2-3-4-13(19)16-17-14(20)12(24-15(17)23)9-10-5-7-11(8-6-10)18(21)22/h5-9H,2-4H2,1H3,(H,16,19)/b12-9+. The van der Waals surface area contributed by atoms with Crippen molar-refractivity contribution in [2.24, 2.45) is 0 Å². The third kappa shape index (κ3) is 4.39. The zero-order valence-corrected chi connectivity index (χ0v) is 14.5. The summed E-state index contributed by atoms with van der Waals surface area (Å²) in [4.78, 5) is 34.6. The third-order valence-corrected chi connectivity index (χ3v) is 4.49. The van der Waals surface area contributed by atoms with Gasteiger partial charge in [-0.3, -0.25) is 25.1 Å². The van der Waals surface area contributed by atoms with E-state index in [2.05, 4.69) is 5.43 Å². The summed E-state index contributed by atoms with van der Waals surface area (Å²) < 4.78 is 0.248. The van der Waals surface area contributed by atoms with Gasteiger partial charge in [-0.2, -0.15) is 5.01 Å². The fourth-order valence-corrected chi connectivity index (χ4v) is 3.11. The Labute approximate surface area is 148 Å². The van der Waals surface area contributed by atoms with Gasteiger partial charge in [-0.1, -0.05) is 25.1 Å². The molecule has 1 N–H and O–H groups in total. The molecule has 0 unspecified atom stereocenters. The van der Waals surface area contributed by atoms with Crippen molar-refractivity contribution >= 4 is 51.9 Å². The molecule has 1 aromatic carbocycles. The minimum Gasteiger partial charge on any atom is -0.273 e. The zero-order valence-electron chi connectivity index (χ0n) is 12.9. The molecule has 0 spiro atoms. The molecule has 0 radical (unpaired) electrons. The molecule has 126 valence electrons. The Kier molecular flexibility index (Phi) is 6.04. The Hall–Kier alpha value is -2.26. The van der Waals surface area contributed by atoms with Crippen LogP contribution in [0.25, 0.3) is 6.08 Å². The van der Waals surface area contributed by atoms with Gasteiger partial charge in [-0.25, -0.2) is 0 Å². The first-order valence-electron chi connectivity index (χ1n) is 7.24. The first-order chi connectivity index (χ1) is 11.4. The predicted molar refractivity (Wildman–Crippen MR) is 95.8 cm³/mol. The predicted octanol–water partition coefficient (Wildman–Crippen LogP) is 3.02. The summed E-state index contributed by atoms with van der Waals surface area (Å²) in [5.74, 6) is -0.669. The summed E-state index contributed by atoms with van der Waals surface area (Å²) in [7, 11) is 0. The van der Waals surface area contributed by atoms with E-state index in [0.29, 0.717) is 16.9 Å². The first-order valence-corrected chi connectivity index (χ1v) is 8.46. The number of carbonyl (C=O) groups excluding carboxylic acids is 2. The lowest BCUT2D eigenvalue weighted by Crippen LogP contribution is -2.44. The van der Waals surface area contributed by atoms with E-state index in [4.69, 9.17) is 12.2 Å². The Balaban J connectivity index is 2.09. The van der Waals surface area contributed by atoms with Crippen molar-refractivity contribution in [2.75, 3.05) is 0 Å². The van der Waals surface area contributed by atoms with Crippen LogP contribution in [0.2, 0.25) is 0 Å². The SMILES string of the molecule is CCCCC(=O)NN1C(=O)/C(=C\c2ccc([N+](=O)[O-])cc2)SC1=S. The van der Waals surface area contributed by atoms with Crippen LogP contribution in [-0.4, -0.2) is 26.1 Å². The van der Waals surface area contributed by atoms with Gasteiger partial charge in [0.15, 0.2) is 4.32 Å². The number of benzene rings is 1. The van der Waals surface area contributed by atoms with E-state index in [-0.39, 0.29) is 15.9 Å². The fraction of sp³-hybridized carbons (Fsp3) is 0.267. The van der Waals surface area contributed by atoms with Gasteiger partial charge in [-0.15, -0.1) is 0 Å². The molecule has 1 heterocycles. The van der Waals surface area contributed by atoms with Crippen molar-refractivity contribution in [3.63, 3.8) is 0 Å². The molecule has 1 fully saturated rings. The number of non-ortho nitro benzene ring substituents is 1. The lowest BCUT2D eigenvalue weighted by atomic mass is 10.2. The Bertz CT molecular complexity index is 716. The van der Waals surface area contributed by atoms with Crippen molar-refractivity contribution in [2.45, 2.75) is 26.2 Å². The second-order valence-electron chi connectivity index (χ2n) is 5.00. The van der Waals surface area contributed by atoms with Crippen LogP contribution in [0, 0.1) is 10.1 Å². The number of rotatable bonds is 6. The topological polar surface area (TPSA) is 92.6 Å². The lowest BCUT2D eigenvalue weighted by molar-refractivity contribution is -0.384. The number of amides is 2. The van der Waals surface area contributed by atoms with Crippen LogP contribution in [0.15, 0.2) is 29.2 Å². The molecule has 2 rings (SSSR count). The van der Waals surface area contributed by atoms with Crippen molar-refractivity contribution in [3.8, 4) is 0 Å². The minimum absolute atomic E-state index is 0.0251. The van der Waals surface area contributed by atoms with Crippen LogP contribution in [-0.2, 0) is 9.59 Å². The number of hydrogen-bond acceptors (Lipinski definition) is 6. The van der Waals surface area contributed by atoms with Crippen molar-refractivity contribution in [1.82, 2.24) is 10.4 Å². The second kappa shape index (κ2) is 8.02. The van der Waals surface area contributed by atoms with Crippen molar-refractivity contribution in [3.05, 3.63) is 44.8 Å². The molecule has 9 heteroatoms. The van der Waals surface area contributed by atoms with Crippen LogP contribution < -0.4 is 5.43 Å². The molecule has 2 amide bonds. The summed E-state index contributed by atoms with van der Waals surface area (Å²) in [5, 5.41) is 11.7. The van der Waals surface area contributed by atoms with Crippen LogP contribution in [0.3, 0.4) is 0 Å². The molecule has 0 saturated carbocycles. The first kappa shape index (κ1) is 18.1. The number of thioether (sulfide) groups is 1. The van der Waals surface area contributed by atoms with Gasteiger partial charge in [0.25, 0.3) is 11.6 Å². The van der Waals surface area contributed by atoms with Crippen LogP contribution in [0.4, 0.5) is 5.69 Å². The lowest BCUT2D eigenvalue weighted by Gasteiger charge is -2.15. The Morgan fingerprint density at radius 2 is 2.08 bits per heavy atom. The maximum atomic E-state index is 12.3. The number of carbonyl (C=O) groups is 2. The third-order valence-electron chi connectivity index (χ3n) is 3.19. The molecule has 1 aromatic rings. The molecule has 1 aliphatic rings. The van der Waals surface area contributed by atoms with Crippen LogP contribution >= 0.6 is 24.0 Å². The van der Waals surface area contributed by atoms with E-state index in [1.54, 1.807) is 18.2 Å². The van der Waals surface area contributed by atoms with E-state index < -0.39 is 10.8 Å². The largest absolute Gasteiger partial charge is 0.285 e. The van der Waals surface area contributed by atoms with Gasteiger partial charge in [0, 0.05) is 18.6 Å². The summed E-state index contributed by atoms with van der Waals surface area (Å²) in [5.41, 5.74) is 3.12. The van der Waals surface area contributed by atoms with Gasteiger partial charge >= 0.3 is 0 Å². The van der Waals surface area contributed by atoms with Crippen LogP contribution in [0.1, 0.15) is 31.7 Å². The average Bonchev–Trinajstić information content (AvgIpc) is 2.81. The number of hydrogen-bond donors (Lipinski definition) is 1. The highest BCUT2D eigenvalue weighted by Gasteiger charge is 2.33. The quantitative estimate of drug-likeness (QED) is 0.360. The molecule has 7 nitrogen and oxygen atoms in total. The van der Waals surface area contributed by atoms with Gasteiger partial charge in [0.2, 0.25) is 5.91 Å². The van der Waals surface area contributed by atoms with Crippen LogP contribution in [0.5, 0.6) is 0 Å². The van der Waals surface area contributed by atoms with E-state index in [0.717, 1.165) is 29.6 Å². The summed E-state index contributed by atoms with van der Waals surface area (Å²) >= 11 is 6.19. The Morgan fingerprint density at radius 1 is 1.42 bits per heavy atom. The molecule has 0 bridgehead atoms. The zero-order chi connectivity index (χ0) is 17.7. The molecular formula is C15H15N3O4S2.